The first-order valence-corrected chi connectivity index (χ1v) is 11.6. The molecule has 0 radical (unpaired) electrons. The van der Waals surface area contributed by atoms with Gasteiger partial charge in [0.05, 0.1) is 5.56 Å². The van der Waals surface area contributed by atoms with Crippen molar-refractivity contribution in [2.45, 2.75) is 51.9 Å². The van der Waals surface area contributed by atoms with E-state index in [1.165, 1.54) is 24.0 Å². The third kappa shape index (κ3) is 6.39. The minimum Gasteiger partial charge on any atom is -0.356 e. The van der Waals surface area contributed by atoms with E-state index in [2.05, 4.69) is 34.6 Å². The van der Waals surface area contributed by atoms with Gasteiger partial charge in [-0.2, -0.15) is 0 Å². The van der Waals surface area contributed by atoms with Crippen molar-refractivity contribution >= 4 is 11.8 Å². The average Bonchev–Trinajstić information content (AvgIpc) is 3.62. The Morgan fingerprint density at radius 1 is 0.968 bits per heavy atom. The van der Waals surface area contributed by atoms with Crippen LogP contribution in [0.25, 0.3) is 0 Å². The van der Waals surface area contributed by atoms with Crippen LogP contribution in [0.3, 0.4) is 0 Å². The number of likely N-dealkylation sites (tertiary alicyclic amines) is 1. The number of amides is 2. The Balaban J connectivity index is 1.19. The number of nitrogens with one attached hydrogen (secondary N) is 1. The van der Waals surface area contributed by atoms with E-state index in [1.54, 1.807) is 6.20 Å². The molecule has 1 aromatic heterocycles. The molecule has 2 aromatic rings. The van der Waals surface area contributed by atoms with Gasteiger partial charge in [0.15, 0.2) is 0 Å². The molecule has 0 bridgehead atoms. The lowest BCUT2D eigenvalue weighted by Gasteiger charge is -2.32. The van der Waals surface area contributed by atoms with Crippen LogP contribution in [0.5, 0.6) is 0 Å². The number of hydrogen-bond acceptors (Lipinski definition) is 3. The summed E-state index contributed by atoms with van der Waals surface area (Å²) in [6.07, 6.45) is 8.70. The average molecular weight is 420 g/mol. The van der Waals surface area contributed by atoms with E-state index in [1.807, 2.05) is 24.0 Å². The van der Waals surface area contributed by atoms with Gasteiger partial charge in [-0.05, 0) is 80.5 Å². The summed E-state index contributed by atoms with van der Waals surface area (Å²) in [7, 11) is 0. The highest BCUT2D eigenvalue weighted by Gasteiger charge is 2.24. The van der Waals surface area contributed by atoms with Crippen molar-refractivity contribution in [3.63, 3.8) is 0 Å². The van der Waals surface area contributed by atoms with Crippen molar-refractivity contribution in [2.75, 3.05) is 19.6 Å². The van der Waals surface area contributed by atoms with Gasteiger partial charge in [-0.15, -0.1) is 0 Å². The fraction of sp³-hybridized carbons (Fsp3) is 0.500. The molecule has 1 N–H and O–H groups in total. The maximum Gasteiger partial charge on any atom is 0.255 e. The van der Waals surface area contributed by atoms with Gasteiger partial charge < -0.3 is 10.2 Å². The lowest BCUT2D eigenvalue weighted by molar-refractivity contribution is -0.121. The van der Waals surface area contributed by atoms with Crippen LogP contribution in [0.1, 0.15) is 59.3 Å². The number of carbonyl (C=O) groups excluding carboxylic acids is 2. The second-order valence-corrected chi connectivity index (χ2v) is 9.19. The van der Waals surface area contributed by atoms with Gasteiger partial charge in [0.25, 0.3) is 5.91 Å². The normalized spacial score (nSPS) is 16.9. The van der Waals surface area contributed by atoms with Crippen molar-refractivity contribution in [1.82, 2.24) is 15.2 Å². The minimum absolute atomic E-state index is 0.0940. The fourth-order valence-corrected chi connectivity index (χ4v) is 4.22. The molecule has 5 heteroatoms. The van der Waals surface area contributed by atoms with E-state index in [9.17, 15) is 9.59 Å². The van der Waals surface area contributed by atoms with Crippen LogP contribution in [-0.2, 0) is 17.6 Å². The molecule has 4 rings (SSSR count). The fourth-order valence-electron chi connectivity index (χ4n) is 4.22. The van der Waals surface area contributed by atoms with Crippen molar-refractivity contribution in [2.24, 2.45) is 11.8 Å². The number of hydrogen-bond donors (Lipinski definition) is 1. The van der Waals surface area contributed by atoms with Crippen molar-refractivity contribution in [1.29, 1.82) is 0 Å². The molecular formula is C26H33N3O2. The summed E-state index contributed by atoms with van der Waals surface area (Å²) in [6, 6.07) is 12.5. The molecule has 0 spiro atoms. The highest BCUT2D eigenvalue weighted by molar-refractivity contribution is 5.94. The van der Waals surface area contributed by atoms with Crippen LogP contribution >= 0.6 is 0 Å². The van der Waals surface area contributed by atoms with Crippen LogP contribution < -0.4 is 5.32 Å². The van der Waals surface area contributed by atoms with E-state index in [4.69, 9.17) is 0 Å². The van der Waals surface area contributed by atoms with Gasteiger partial charge in [0.1, 0.15) is 0 Å². The molecule has 1 aromatic carbocycles. The lowest BCUT2D eigenvalue weighted by Crippen LogP contribution is -2.39. The van der Waals surface area contributed by atoms with Gasteiger partial charge in [0.2, 0.25) is 5.91 Å². The maximum absolute atomic E-state index is 12.7. The molecule has 2 fully saturated rings. The second kappa shape index (κ2) is 10.1. The smallest absolute Gasteiger partial charge is 0.255 e. The molecule has 31 heavy (non-hydrogen) atoms. The predicted octanol–water partition coefficient (Wildman–Crippen LogP) is 3.94. The Morgan fingerprint density at radius 2 is 1.68 bits per heavy atom. The van der Waals surface area contributed by atoms with E-state index in [-0.39, 0.29) is 11.8 Å². The number of rotatable bonds is 8. The van der Waals surface area contributed by atoms with Crippen molar-refractivity contribution < 1.29 is 9.59 Å². The third-order valence-corrected chi connectivity index (χ3v) is 6.53. The quantitative estimate of drug-likeness (QED) is 0.705. The Hall–Kier alpha value is -2.69. The maximum atomic E-state index is 12.7. The number of benzene rings is 1. The Labute approximate surface area is 185 Å². The molecule has 2 amide bonds. The zero-order valence-electron chi connectivity index (χ0n) is 18.5. The molecule has 1 saturated heterocycles. The first-order valence-electron chi connectivity index (χ1n) is 11.6. The topological polar surface area (TPSA) is 62.3 Å². The van der Waals surface area contributed by atoms with E-state index in [0.717, 1.165) is 56.9 Å². The van der Waals surface area contributed by atoms with Gasteiger partial charge in [-0.25, -0.2) is 0 Å². The molecule has 1 aliphatic heterocycles. The largest absolute Gasteiger partial charge is 0.356 e. The summed E-state index contributed by atoms with van der Waals surface area (Å²) in [4.78, 5) is 30.8. The summed E-state index contributed by atoms with van der Waals surface area (Å²) < 4.78 is 0. The third-order valence-electron chi connectivity index (χ3n) is 6.53. The summed E-state index contributed by atoms with van der Waals surface area (Å²) in [5, 5.41) is 3.03. The molecule has 0 atom stereocenters. The highest BCUT2D eigenvalue weighted by Crippen LogP contribution is 2.27. The zero-order valence-corrected chi connectivity index (χ0v) is 18.5. The van der Waals surface area contributed by atoms with Crippen LogP contribution in [-0.4, -0.2) is 41.3 Å². The Bertz CT molecular complexity index is 880. The minimum atomic E-state index is 0.0940. The van der Waals surface area contributed by atoms with E-state index in [0.29, 0.717) is 17.9 Å². The monoisotopic (exact) mass is 419 g/mol. The highest BCUT2D eigenvalue weighted by atomic mass is 16.2. The van der Waals surface area contributed by atoms with Crippen LogP contribution in [0.15, 0.2) is 42.6 Å². The molecule has 1 aliphatic carbocycles. The number of aryl methyl sites for hydroxylation is 2. The predicted molar refractivity (Wildman–Crippen MR) is 122 cm³/mol. The van der Waals surface area contributed by atoms with Crippen molar-refractivity contribution in [3.05, 3.63) is 65.0 Å². The molecule has 5 nitrogen and oxygen atoms in total. The molecule has 1 saturated carbocycles. The van der Waals surface area contributed by atoms with E-state index >= 15 is 0 Å². The molecule has 164 valence electrons. The summed E-state index contributed by atoms with van der Waals surface area (Å²) in [5.41, 5.74) is 4.17. The van der Waals surface area contributed by atoms with E-state index < -0.39 is 0 Å². The molecule has 0 unspecified atom stereocenters. The number of pyridine rings is 1. The number of aromatic nitrogens is 1. The molecule has 2 heterocycles. The lowest BCUT2D eigenvalue weighted by atomic mass is 9.89. The Morgan fingerprint density at radius 3 is 2.32 bits per heavy atom. The molecular weight excluding hydrogens is 386 g/mol. The zero-order chi connectivity index (χ0) is 21.6. The van der Waals surface area contributed by atoms with Crippen molar-refractivity contribution in [3.8, 4) is 0 Å². The Kier molecular flexibility index (Phi) is 7.00. The van der Waals surface area contributed by atoms with Gasteiger partial charge in [-0.1, -0.05) is 24.3 Å². The van der Waals surface area contributed by atoms with Crippen LogP contribution in [0.4, 0.5) is 0 Å². The van der Waals surface area contributed by atoms with Crippen LogP contribution in [0, 0.1) is 18.8 Å². The van der Waals surface area contributed by atoms with Gasteiger partial charge in [-0.3, -0.25) is 14.6 Å². The number of carbonyl (C=O) groups is 2. The van der Waals surface area contributed by atoms with Gasteiger partial charge >= 0.3 is 0 Å². The van der Waals surface area contributed by atoms with Crippen LogP contribution in [0.2, 0.25) is 0 Å². The SMILES string of the molecule is Cc1ccc(C(=O)N2CCC(Cc3ccc(CCC(=O)NCC4CC4)cc3)CC2)cn1. The summed E-state index contributed by atoms with van der Waals surface area (Å²) in [5.74, 6) is 1.60. The van der Waals surface area contributed by atoms with Gasteiger partial charge in [0, 0.05) is 37.9 Å². The second-order valence-electron chi connectivity index (χ2n) is 9.19. The first kappa shape index (κ1) is 21.5. The summed E-state index contributed by atoms with van der Waals surface area (Å²) >= 11 is 0. The number of piperidine rings is 1. The number of nitrogens with zero attached hydrogens (tertiary/aromatic N) is 2. The standard InChI is InChI=1S/C26H33N3O2/c1-19-2-10-24(18-27-19)26(31)29-14-12-22(13-15-29)16-21-5-3-20(4-6-21)9-11-25(30)28-17-23-7-8-23/h2-6,10,18,22-23H,7-9,11-17H2,1H3,(H,28,30). The molecule has 2 aliphatic rings. The first-order chi connectivity index (χ1) is 15.1. The summed E-state index contributed by atoms with van der Waals surface area (Å²) in [6.45, 7) is 4.40.